The van der Waals surface area contributed by atoms with Gasteiger partial charge in [-0.15, -0.1) is 0 Å². The maximum absolute atomic E-state index is 12.0. The molecule has 0 aromatic heterocycles. The van der Waals surface area contributed by atoms with Crippen LogP contribution >= 0.6 is 0 Å². The quantitative estimate of drug-likeness (QED) is 0.477. The topological polar surface area (TPSA) is 84.9 Å². The van der Waals surface area contributed by atoms with E-state index >= 15 is 0 Å². The van der Waals surface area contributed by atoms with Crippen molar-refractivity contribution < 1.29 is 24.2 Å². The van der Waals surface area contributed by atoms with Crippen molar-refractivity contribution in [3.05, 3.63) is 24.3 Å². The Morgan fingerprint density at radius 3 is 2.37 bits per heavy atom. The number of unbranched alkanes of at least 4 members (excludes halogenated alkanes) is 4. The molecule has 1 aromatic carbocycles. The number of carbonyl (C=O) groups excluding carboxylic acids is 1. The smallest absolute Gasteiger partial charge is 0.326 e. The predicted octanol–water partition coefficient (Wildman–Crippen LogP) is 4.03. The van der Waals surface area contributed by atoms with Gasteiger partial charge in [-0.1, -0.05) is 52.5 Å². The van der Waals surface area contributed by atoms with Gasteiger partial charge in [0.15, 0.2) is 6.61 Å². The highest BCUT2D eigenvalue weighted by Crippen LogP contribution is 2.20. The van der Waals surface area contributed by atoms with Gasteiger partial charge in [0.2, 0.25) is 0 Å². The molecule has 0 radical (unpaired) electrons. The van der Waals surface area contributed by atoms with Crippen LogP contribution < -0.4 is 14.8 Å². The van der Waals surface area contributed by atoms with Crippen molar-refractivity contribution >= 4 is 11.9 Å². The summed E-state index contributed by atoms with van der Waals surface area (Å²) >= 11 is 0. The predicted molar refractivity (Wildman–Crippen MR) is 105 cm³/mol. The van der Waals surface area contributed by atoms with Gasteiger partial charge in [0.05, 0.1) is 6.61 Å². The fourth-order valence-corrected chi connectivity index (χ4v) is 2.63. The number of hydrogen-bond donors (Lipinski definition) is 2. The standard InChI is InChI=1S/C21H33NO5/c1-4-5-6-7-8-12-26-17-10-9-11-18(14-17)27-15-20(23)22-19(21(24)25)13-16(2)3/h9-11,14,16,19H,4-8,12-13,15H2,1-3H3,(H,22,23)(H,24,25). The van der Waals surface area contributed by atoms with Crippen LogP contribution in [-0.2, 0) is 9.59 Å². The number of carbonyl (C=O) groups is 2. The lowest BCUT2D eigenvalue weighted by molar-refractivity contribution is -0.142. The zero-order valence-corrected chi connectivity index (χ0v) is 16.7. The summed E-state index contributed by atoms with van der Waals surface area (Å²) in [7, 11) is 0. The summed E-state index contributed by atoms with van der Waals surface area (Å²) < 4.78 is 11.2. The molecule has 1 rings (SSSR count). The molecular weight excluding hydrogens is 346 g/mol. The lowest BCUT2D eigenvalue weighted by atomic mass is 10.0. The van der Waals surface area contributed by atoms with Crippen LogP contribution in [0.5, 0.6) is 11.5 Å². The number of carboxylic acids is 1. The first-order valence-corrected chi connectivity index (χ1v) is 9.80. The Hall–Kier alpha value is -2.24. The van der Waals surface area contributed by atoms with Crippen molar-refractivity contribution in [2.75, 3.05) is 13.2 Å². The zero-order valence-electron chi connectivity index (χ0n) is 16.7. The van der Waals surface area contributed by atoms with Gasteiger partial charge >= 0.3 is 5.97 Å². The number of aliphatic carboxylic acids is 1. The molecular formula is C21H33NO5. The Morgan fingerprint density at radius 2 is 1.74 bits per heavy atom. The minimum Gasteiger partial charge on any atom is -0.493 e. The van der Waals surface area contributed by atoms with Gasteiger partial charge in [-0.2, -0.15) is 0 Å². The first-order chi connectivity index (χ1) is 12.9. The second kappa shape index (κ2) is 13.0. The largest absolute Gasteiger partial charge is 0.493 e. The Morgan fingerprint density at radius 1 is 1.07 bits per heavy atom. The minimum atomic E-state index is -1.04. The monoisotopic (exact) mass is 379 g/mol. The van der Waals surface area contributed by atoms with Crippen LogP contribution in [0.15, 0.2) is 24.3 Å². The van der Waals surface area contributed by atoms with Crippen LogP contribution in [0.3, 0.4) is 0 Å². The lowest BCUT2D eigenvalue weighted by Crippen LogP contribution is -2.43. The SMILES string of the molecule is CCCCCCCOc1cccc(OCC(=O)NC(CC(C)C)C(=O)O)c1. The molecule has 0 saturated carbocycles. The summed E-state index contributed by atoms with van der Waals surface area (Å²) in [6.45, 7) is 6.43. The van der Waals surface area contributed by atoms with E-state index in [0.29, 0.717) is 24.5 Å². The molecule has 0 aliphatic carbocycles. The van der Waals surface area contributed by atoms with E-state index in [9.17, 15) is 14.7 Å². The molecule has 27 heavy (non-hydrogen) atoms. The molecule has 152 valence electrons. The third-order valence-corrected chi connectivity index (χ3v) is 4.03. The normalized spacial score (nSPS) is 11.9. The van der Waals surface area contributed by atoms with E-state index in [4.69, 9.17) is 9.47 Å². The molecule has 0 heterocycles. The van der Waals surface area contributed by atoms with Crippen LogP contribution in [0.1, 0.15) is 59.3 Å². The number of rotatable bonds is 14. The Balaban J connectivity index is 2.39. The van der Waals surface area contributed by atoms with Crippen LogP contribution in [-0.4, -0.2) is 36.2 Å². The number of benzene rings is 1. The number of carboxylic acid groups (broad SMARTS) is 1. The third kappa shape index (κ3) is 10.5. The molecule has 0 saturated heterocycles. The number of ether oxygens (including phenoxy) is 2. The Kier molecular flexibility index (Phi) is 11.0. The van der Waals surface area contributed by atoms with Gasteiger partial charge < -0.3 is 19.9 Å². The molecule has 0 fully saturated rings. The molecule has 1 unspecified atom stereocenters. The molecule has 0 spiro atoms. The fraction of sp³-hybridized carbons (Fsp3) is 0.619. The van der Waals surface area contributed by atoms with Crippen molar-refractivity contribution in [1.29, 1.82) is 0 Å². The van der Waals surface area contributed by atoms with E-state index < -0.39 is 17.9 Å². The highest BCUT2D eigenvalue weighted by Gasteiger charge is 2.21. The van der Waals surface area contributed by atoms with E-state index in [1.807, 2.05) is 19.9 Å². The second-order valence-corrected chi connectivity index (χ2v) is 7.11. The first-order valence-electron chi connectivity index (χ1n) is 9.80. The highest BCUT2D eigenvalue weighted by atomic mass is 16.5. The van der Waals surface area contributed by atoms with Gasteiger partial charge in [0.1, 0.15) is 17.5 Å². The molecule has 0 aliphatic rings. The molecule has 0 aliphatic heterocycles. The molecule has 0 bridgehead atoms. The summed E-state index contributed by atoms with van der Waals surface area (Å²) in [4.78, 5) is 23.2. The first kappa shape index (κ1) is 22.8. The van der Waals surface area contributed by atoms with Crippen molar-refractivity contribution in [2.45, 2.75) is 65.3 Å². The van der Waals surface area contributed by atoms with Crippen LogP contribution in [0.4, 0.5) is 0 Å². The van der Waals surface area contributed by atoms with E-state index in [1.165, 1.54) is 19.3 Å². The van der Waals surface area contributed by atoms with Gasteiger partial charge in [-0.05, 0) is 30.9 Å². The summed E-state index contributed by atoms with van der Waals surface area (Å²) in [5.74, 6) is -0.101. The number of amides is 1. The molecule has 1 atom stereocenters. The molecule has 2 N–H and O–H groups in total. The van der Waals surface area contributed by atoms with E-state index in [0.717, 1.165) is 12.8 Å². The maximum Gasteiger partial charge on any atom is 0.326 e. The summed E-state index contributed by atoms with van der Waals surface area (Å²) in [6.07, 6.45) is 6.25. The minimum absolute atomic E-state index is 0.170. The summed E-state index contributed by atoms with van der Waals surface area (Å²) in [6, 6.07) is 6.23. The zero-order chi connectivity index (χ0) is 20.1. The Labute approximate surface area is 162 Å². The van der Waals surface area contributed by atoms with E-state index in [-0.39, 0.29) is 12.5 Å². The van der Waals surface area contributed by atoms with Gasteiger partial charge in [0, 0.05) is 6.07 Å². The van der Waals surface area contributed by atoms with Crippen molar-refractivity contribution in [1.82, 2.24) is 5.32 Å². The number of hydrogen-bond acceptors (Lipinski definition) is 4. The Bertz CT molecular complexity index is 573. The van der Waals surface area contributed by atoms with E-state index in [2.05, 4.69) is 12.2 Å². The number of nitrogens with one attached hydrogen (secondary N) is 1. The average molecular weight is 379 g/mol. The van der Waals surface area contributed by atoms with Gasteiger partial charge in [-0.3, -0.25) is 4.79 Å². The molecule has 6 heteroatoms. The molecule has 1 amide bonds. The highest BCUT2D eigenvalue weighted by molar-refractivity contribution is 5.84. The second-order valence-electron chi connectivity index (χ2n) is 7.11. The van der Waals surface area contributed by atoms with Gasteiger partial charge in [0.25, 0.3) is 5.91 Å². The fourth-order valence-electron chi connectivity index (χ4n) is 2.63. The van der Waals surface area contributed by atoms with Crippen molar-refractivity contribution in [2.24, 2.45) is 5.92 Å². The third-order valence-electron chi connectivity index (χ3n) is 4.03. The van der Waals surface area contributed by atoms with Crippen LogP contribution in [0.25, 0.3) is 0 Å². The average Bonchev–Trinajstić information content (AvgIpc) is 2.62. The maximum atomic E-state index is 12.0. The van der Waals surface area contributed by atoms with Gasteiger partial charge in [-0.25, -0.2) is 4.79 Å². The molecule has 6 nitrogen and oxygen atoms in total. The van der Waals surface area contributed by atoms with E-state index in [1.54, 1.807) is 18.2 Å². The summed E-state index contributed by atoms with van der Waals surface area (Å²) in [5.41, 5.74) is 0. The lowest BCUT2D eigenvalue weighted by Gasteiger charge is -2.16. The van der Waals surface area contributed by atoms with Crippen LogP contribution in [0, 0.1) is 5.92 Å². The summed E-state index contributed by atoms with van der Waals surface area (Å²) in [5, 5.41) is 11.7. The molecule has 1 aromatic rings. The van der Waals surface area contributed by atoms with Crippen molar-refractivity contribution in [3.8, 4) is 11.5 Å². The van der Waals surface area contributed by atoms with Crippen LogP contribution in [0.2, 0.25) is 0 Å². The van der Waals surface area contributed by atoms with Crippen molar-refractivity contribution in [3.63, 3.8) is 0 Å².